The topological polar surface area (TPSA) is 97.7 Å². The minimum Gasteiger partial charge on any atom is -0.453 e. The van der Waals surface area contributed by atoms with Gasteiger partial charge in [-0.15, -0.1) is 0 Å². The second-order valence-electron chi connectivity index (χ2n) is 8.48. The van der Waals surface area contributed by atoms with Crippen molar-refractivity contribution < 1.29 is 23.0 Å². The molecule has 4 heterocycles. The Morgan fingerprint density at radius 3 is 2.78 bits per heavy atom. The first kappa shape index (κ1) is 23.4. The zero-order chi connectivity index (χ0) is 25.4. The molecule has 0 spiro atoms. The first-order chi connectivity index (χ1) is 17.4. The number of aryl methyl sites for hydroxylation is 1. The van der Waals surface area contributed by atoms with Crippen molar-refractivity contribution in [3.05, 3.63) is 71.3 Å². The number of amides is 1. The molecule has 1 aliphatic heterocycles. The molecule has 36 heavy (non-hydrogen) atoms. The predicted octanol–water partition coefficient (Wildman–Crippen LogP) is 3.66. The Morgan fingerprint density at radius 1 is 1.28 bits per heavy atom. The molecule has 1 atom stereocenters. The summed E-state index contributed by atoms with van der Waals surface area (Å²) in [5.41, 5.74) is 2.10. The van der Waals surface area contributed by atoms with E-state index in [1.807, 2.05) is 25.1 Å². The molecule has 1 aliphatic rings. The number of nitrogens with zero attached hydrogens (tertiary/aromatic N) is 6. The van der Waals surface area contributed by atoms with Crippen LogP contribution in [0.1, 0.15) is 17.0 Å². The number of aromatic nitrogens is 4. The van der Waals surface area contributed by atoms with Crippen molar-refractivity contribution in [2.24, 2.45) is 0 Å². The van der Waals surface area contributed by atoms with Crippen LogP contribution in [0.2, 0.25) is 0 Å². The number of benzene rings is 1. The lowest BCUT2D eigenvalue weighted by Gasteiger charge is -2.32. The number of carbonyl (C=O) groups is 1. The Morgan fingerprint density at radius 2 is 2.06 bits per heavy atom. The minimum absolute atomic E-state index is 0.0841. The van der Waals surface area contributed by atoms with Crippen molar-refractivity contribution in [2.45, 2.75) is 19.4 Å². The monoisotopic (exact) mass is 492 g/mol. The third kappa shape index (κ3) is 4.16. The Labute approximate surface area is 205 Å². The average molecular weight is 492 g/mol. The third-order valence-electron chi connectivity index (χ3n) is 6.14. The van der Waals surface area contributed by atoms with Gasteiger partial charge in [-0.3, -0.25) is 0 Å². The molecule has 0 N–H and O–H groups in total. The minimum atomic E-state index is -0.841. The van der Waals surface area contributed by atoms with Gasteiger partial charge < -0.3 is 18.8 Å². The van der Waals surface area contributed by atoms with Crippen molar-refractivity contribution >= 4 is 11.7 Å². The van der Waals surface area contributed by atoms with Gasteiger partial charge in [0.05, 0.1) is 55.2 Å². The van der Waals surface area contributed by atoms with Gasteiger partial charge in [0.1, 0.15) is 29.0 Å². The van der Waals surface area contributed by atoms with E-state index in [0.717, 1.165) is 17.7 Å². The Kier molecular flexibility index (Phi) is 6.12. The second-order valence-corrected chi connectivity index (χ2v) is 8.48. The van der Waals surface area contributed by atoms with Crippen molar-refractivity contribution in [2.75, 3.05) is 26.8 Å². The highest BCUT2D eigenvalue weighted by Crippen LogP contribution is 2.33. The van der Waals surface area contributed by atoms with Gasteiger partial charge >= 0.3 is 6.09 Å². The fourth-order valence-corrected chi connectivity index (χ4v) is 4.45. The number of nitriles is 1. The zero-order valence-electron chi connectivity index (χ0n) is 19.6. The quantitative estimate of drug-likeness (QED) is 0.431. The maximum atomic E-state index is 15.5. The van der Waals surface area contributed by atoms with Crippen molar-refractivity contribution in [3.63, 3.8) is 0 Å². The van der Waals surface area contributed by atoms with E-state index in [1.54, 1.807) is 10.6 Å². The van der Waals surface area contributed by atoms with Gasteiger partial charge in [-0.2, -0.15) is 10.4 Å². The number of carbonyl (C=O) groups excluding carboxylic acids is 1. The maximum Gasteiger partial charge on any atom is 0.409 e. The van der Waals surface area contributed by atoms with Crippen LogP contribution in [0.3, 0.4) is 0 Å². The highest BCUT2D eigenvalue weighted by molar-refractivity contribution is 5.70. The molecular formula is C25H22F2N6O3. The van der Waals surface area contributed by atoms with E-state index < -0.39 is 23.8 Å². The molecule has 4 aromatic rings. The smallest absolute Gasteiger partial charge is 0.409 e. The molecule has 0 unspecified atom stereocenters. The molecule has 11 heteroatoms. The van der Waals surface area contributed by atoms with Gasteiger partial charge in [0, 0.05) is 31.3 Å². The third-order valence-corrected chi connectivity index (χ3v) is 6.14. The standard InChI is InChI=1S/C25H22F2N6O3/c1-15-4-6-32-21(12-18-14-31(7-8-36-18)25(34)35-2)24(30-22(32)9-15)23-19(26)10-17(11-20(23)27)33-16(13-28)3-5-29-33/h3-6,9-11,18H,7-8,12,14H2,1-2H3/t18-/m0/s1. The van der Waals surface area contributed by atoms with E-state index in [9.17, 15) is 10.1 Å². The molecule has 184 valence electrons. The van der Waals surface area contributed by atoms with Crippen molar-refractivity contribution in [1.82, 2.24) is 24.1 Å². The molecule has 0 bridgehead atoms. The number of pyridine rings is 1. The predicted molar refractivity (Wildman–Crippen MR) is 125 cm³/mol. The lowest BCUT2D eigenvalue weighted by molar-refractivity contribution is -0.0241. The number of halogens is 2. The number of rotatable bonds is 4. The van der Waals surface area contributed by atoms with E-state index >= 15 is 8.78 Å². The van der Waals surface area contributed by atoms with Gasteiger partial charge in [-0.1, -0.05) is 0 Å². The summed E-state index contributed by atoms with van der Waals surface area (Å²) in [6.07, 6.45) is 2.55. The summed E-state index contributed by atoms with van der Waals surface area (Å²) in [5, 5.41) is 13.2. The molecule has 3 aromatic heterocycles. The normalized spacial score (nSPS) is 15.8. The highest BCUT2D eigenvalue weighted by Gasteiger charge is 2.29. The molecule has 1 fully saturated rings. The van der Waals surface area contributed by atoms with Crippen LogP contribution in [0, 0.1) is 29.9 Å². The van der Waals surface area contributed by atoms with Crippen LogP contribution in [0.25, 0.3) is 22.6 Å². The van der Waals surface area contributed by atoms with Gasteiger partial charge in [0.15, 0.2) is 0 Å². The Balaban J connectivity index is 1.59. The van der Waals surface area contributed by atoms with Crippen LogP contribution in [0.4, 0.5) is 13.6 Å². The molecule has 9 nitrogen and oxygen atoms in total. The largest absolute Gasteiger partial charge is 0.453 e. The molecule has 0 saturated carbocycles. The molecule has 1 amide bonds. The molecule has 0 aliphatic carbocycles. The first-order valence-corrected chi connectivity index (χ1v) is 11.3. The SMILES string of the molecule is COC(=O)N1CCO[C@@H](Cc2c(-c3c(F)cc(-n4nccc4C#N)cc3F)nc3cc(C)ccn23)C1. The molecule has 5 rings (SSSR count). The van der Waals surface area contributed by atoms with E-state index in [4.69, 9.17) is 9.47 Å². The number of ether oxygens (including phenoxy) is 2. The molecule has 1 aromatic carbocycles. The Bertz CT molecular complexity index is 1480. The molecule has 1 saturated heterocycles. The van der Waals surface area contributed by atoms with Crippen LogP contribution in [0.5, 0.6) is 0 Å². The maximum absolute atomic E-state index is 15.5. The second kappa shape index (κ2) is 9.39. The average Bonchev–Trinajstić information content (AvgIpc) is 3.48. The van der Waals surface area contributed by atoms with E-state index in [0.29, 0.717) is 24.5 Å². The highest BCUT2D eigenvalue weighted by atomic mass is 19.1. The van der Waals surface area contributed by atoms with Crippen molar-refractivity contribution in [3.8, 4) is 23.0 Å². The van der Waals surface area contributed by atoms with Crippen LogP contribution in [-0.4, -0.2) is 63.1 Å². The fourth-order valence-electron chi connectivity index (χ4n) is 4.45. The fraction of sp³-hybridized carbons (Fsp3) is 0.280. The summed E-state index contributed by atoms with van der Waals surface area (Å²) in [6.45, 7) is 2.88. The number of methoxy groups -OCH3 is 1. The van der Waals surface area contributed by atoms with E-state index in [2.05, 4.69) is 10.1 Å². The van der Waals surface area contributed by atoms with E-state index in [1.165, 1.54) is 29.0 Å². The summed E-state index contributed by atoms with van der Waals surface area (Å²) >= 11 is 0. The summed E-state index contributed by atoms with van der Waals surface area (Å²) in [6, 6.07) is 9.35. The van der Waals surface area contributed by atoms with Gasteiger partial charge in [0.2, 0.25) is 0 Å². The number of fused-ring (bicyclic) bond motifs is 1. The van der Waals surface area contributed by atoms with E-state index in [-0.39, 0.29) is 35.6 Å². The zero-order valence-corrected chi connectivity index (χ0v) is 19.6. The van der Waals surface area contributed by atoms with Gasteiger partial charge in [-0.05, 0) is 30.7 Å². The number of morpholine rings is 1. The van der Waals surface area contributed by atoms with Crippen LogP contribution in [-0.2, 0) is 15.9 Å². The van der Waals surface area contributed by atoms with Crippen molar-refractivity contribution in [1.29, 1.82) is 5.26 Å². The number of imidazole rings is 1. The van der Waals surface area contributed by atoms with Crippen LogP contribution < -0.4 is 0 Å². The number of hydrogen-bond acceptors (Lipinski definition) is 6. The van der Waals surface area contributed by atoms with Gasteiger partial charge in [-0.25, -0.2) is 23.2 Å². The molecule has 0 radical (unpaired) electrons. The van der Waals surface area contributed by atoms with Gasteiger partial charge in [0.25, 0.3) is 0 Å². The summed E-state index contributed by atoms with van der Waals surface area (Å²) in [5.74, 6) is -1.68. The molecular weight excluding hydrogens is 470 g/mol. The van der Waals surface area contributed by atoms with Crippen LogP contribution >= 0.6 is 0 Å². The first-order valence-electron chi connectivity index (χ1n) is 11.3. The summed E-state index contributed by atoms with van der Waals surface area (Å²) in [7, 11) is 1.32. The Hall–Kier alpha value is -4.30. The number of hydrogen-bond donors (Lipinski definition) is 0. The summed E-state index contributed by atoms with van der Waals surface area (Å²) < 4.78 is 44.6. The lowest BCUT2D eigenvalue weighted by Crippen LogP contribution is -2.46. The summed E-state index contributed by atoms with van der Waals surface area (Å²) in [4.78, 5) is 18.1. The lowest BCUT2D eigenvalue weighted by atomic mass is 10.0. The van der Waals surface area contributed by atoms with Crippen LogP contribution in [0.15, 0.2) is 42.7 Å².